The van der Waals surface area contributed by atoms with Crippen molar-refractivity contribution < 1.29 is 9.53 Å². The fraction of sp³-hybridized carbons (Fsp3) is 0.333. The van der Waals surface area contributed by atoms with Gasteiger partial charge in [-0.1, -0.05) is 45.0 Å². The Kier molecular flexibility index (Phi) is 5.23. The van der Waals surface area contributed by atoms with Gasteiger partial charge in [0.05, 0.1) is 16.8 Å². The Bertz CT molecular complexity index is 1430. The number of ether oxygens (including phenoxy) is 1. The Morgan fingerprint density at radius 1 is 1.12 bits per heavy atom. The average molecular weight is 442 g/mol. The zero-order chi connectivity index (χ0) is 23.2. The van der Waals surface area contributed by atoms with Crippen LogP contribution >= 0.6 is 0 Å². The summed E-state index contributed by atoms with van der Waals surface area (Å²) in [5.41, 5.74) is 4.28. The first-order chi connectivity index (χ1) is 15.8. The number of aryl methyl sites for hydroxylation is 1. The first-order valence-corrected chi connectivity index (χ1v) is 11.4. The normalized spacial score (nSPS) is 16.0. The van der Waals surface area contributed by atoms with E-state index in [0.717, 1.165) is 41.4 Å². The van der Waals surface area contributed by atoms with Crippen LogP contribution in [-0.2, 0) is 24.2 Å². The van der Waals surface area contributed by atoms with E-state index in [2.05, 4.69) is 25.8 Å². The van der Waals surface area contributed by atoms with Crippen LogP contribution in [0, 0.1) is 11.3 Å². The summed E-state index contributed by atoms with van der Waals surface area (Å²) in [6.45, 7) is 6.69. The smallest absolute Gasteiger partial charge is 0.339 e. The molecule has 5 rings (SSSR count). The number of fused-ring (bicyclic) bond motifs is 3. The van der Waals surface area contributed by atoms with Gasteiger partial charge in [-0.3, -0.25) is 14.2 Å². The maximum absolute atomic E-state index is 13.4. The highest BCUT2D eigenvalue weighted by Gasteiger charge is 2.33. The van der Waals surface area contributed by atoms with E-state index in [4.69, 9.17) is 9.72 Å². The molecule has 1 aliphatic rings. The predicted octanol–water partition coefficient (Wildman–Crippen LogP) is 4.75. The zero-order valence-corrected chi connectivity index (χ0v) is 19.2. The highest BCUT2D eigenvalue weighted by Crippen LogP contribution is 2.39. The molecule has 0 N–H and O–H groups in total. The molecule has 6 nitrogen and oxygen atoms in total. The Hall–Kier alpha value is -3.54. The lowest BCUT2D eigenvalue weighted by Crippen LogP contribution is -2.29. The fourth-order valence-corrected chi connectivity index (χ4v) is 4.75. The summed E-state index contributed by atoms with van der Waals surface area (Å²) in [5.74, 6) is 0.0659. The Balaban J connectivity index is 1.51. The van der Waals surface area contributed by atoms with E-state index in [0.29, 0.717) is 22.8 Å². The van der Waals surface area contributed by atoms with Crippen molar-refractivity contribution in [3.63, 3.8) is 0 Å². The number of carbonyl (C=O) groups excluding carboxylic acids is 1. The predicted molar refractivity (Wildman–Crippen MR) is 127 cm³/mol. The summed E-state index contributed by atoms with van der Waals surface area (Å²) in [7, 11) is 0. The molecule has 3 heterocycles. The molecule has 33 heavy (non-hydrogen) atoms. The van der Waals surface area contributed by atoms with Gasteiger partial charge in [0.25, 0.3) is 5.56 Å². The first kappa shape index (κ1) is 21.3. The van der Waals surface area contributed by atoms with Crippen LogP contribution < -0.4 is 5.56 Å². The van der Waals surface area contributed by atoms with Gasteiger partial charge in [-0.25, -0.2) is 9.78 Å². The van der Waals surface area contributed by atoms with Crippen molar-refractivity contribution in [2.45, 2.75) is 46.6 Å². The molecule has 0 bridgehead atoms. The molecule has 0 fully saturated rings. The van der Waals surface area contributed by atoms with Crippen LogP contribution in [0.5, 0.6) is 0 Å². The summed E-state index contributed by atoms with van der Waals surface area (Å²) >= 11 is 0. The van der Waals surface area contributed by atoms with Crippen molar-refractivity contribution in [3.05, 3.63) is 87.6 Å². The van der Waals surface area contributed by atoms with E-state index in [9.17, 15) is 9.59 Å². The van der Waals surface area contributed by atoms with Gasteiger partial charge < -0.3 is 4.74 Å². The number of rotatable bonds is 3. The zero-order valence-electron chi connectivity index (χ0n) is 19.2. The van der Waals surface area contributed by atoms with Crippen LogP contribution in [0.1, 0.15) is 54.5 Å². The minimum absolute atomic E-state index is 0.0619. The maximum atomic E-state index is 13.4. The maximum Gasteiger partial charge on any atom is 0.339 e. The van der Waals surface area contributed by atoms with Crippen LogP contribution in [0.15, 0.2) is 59.5 Å². The fourth-order valence-electron chi connectivity index (χ4n) is 4.75. The molecule has 6 heteroatoms. The Morgan fingerprint density at radius 2 is 1.91 bits per heavy atom. The summed E-state index contributed by atoms with van der Waals surface area (Å²) in [4.78, 5) is 35.2. The van der Waals surface area contributed by atoms with Gasteiger partial charge >= 0.3 is 5.97 Å². The van der Waals surface area contributed by atoms with Crippen molar-refractivity contribution in [1.29, 1.82) is 0 Å². The van der Waals surface area contributed by atoms with Crippen molar-refractivity contribution in [3.8, 4) is 0 Å². The summed E-state index contributed by atoms with van der Waals surface area (Å²) in [5, 5.41) is 0.808. The van der Waals surface area contributed by atoms with Gasteiger partial charge in [0.1, 0.15) is 12.3 Å². The topological polar surface area (TPSA) is 73.6 Å². The largest absolute Gasteiger partial charge is 0.456 e. The Labute approximate surface area is 192 Å². The minimum Gasteiger partial charge on any atom is -0.456 e. The minimum atomic E-state index is -0.394. The molecule has 0 aliphatic heterocycles. The molecule has 0 amide bonds. The number of benzene rings is 1. The number of hydrogen-bond acceptors (Lipinski definition) is 5. The lowest BCUT2D eigenvalue weighted by molar-refractivity contribution is 0.0467. The quantitative estimate of drug-likeness (QED) is 0.429. The lowest BCUT2D eigenvalue weighted by Gasteiger charge is -2.35. The van der Waals surface area contributed by atoms with Crippen LogP contribution in [0.4, 0.5) is 0 Å². The van der Waals surface area contributed by atoms with Gasteiger partial charge in [-0.05, 0) is 54.4 Å². The molecule has 1 unspecified atom stereocenters. The first-order valence-electron chi connectivity index (χ1n) is 11.4. The molecule has 4 aromatic rings. The van der Waals surface area contributed by atoms with Crippen LogP contribution in [0.25, 0.3) is 16.6 Å². The van der Waals surface area contributed by atoms with E-state index in [1.54, 1.807) is 18.3 Å². The van der Waals surface area contributed by atoms with Gasteiger partial charge in [0.15, 0.2) is 0 Å². The van der Waals surface area contributed by atoms with E-state index in [1.165, 1.54) is 10.5 Å². The van der Waals surface area contributed by atoms with Gasteiger partial charge in [-0.2, -0.15) is 0 Å². The summed E-state index contributed by atoms with van der Waals surface area (Å²) in [6, 6.07) is 14.5. The van der Waals surface area contributed by atoms with Gasteiger partial charge in [0.2, 0.25) is 0 Å². The SMILES string of the molecule is CC(C)(C)C1CCc2nc3ccccc3c(C(=O)OCc3cc(=O)n4ccccc4n3)c2C1. The number of hydrogen-bond donors (Lipinski definition) is 0. The molecule has 168 valence electrons. The molecule has 3 aromatic heterocycles. The molecule has 0 saturated carbocycles. The number of aromatic nitrogens is 3. The molecule has 0 saturated heterocycles. The number of para-hydroxylation sites is 1. The van der Waals surface area contributed by atoms with E-state index in [1.807, 2.05) is 30.3 Å². The number of nitrogens with zero attached hydrogens (tertiary/aromatic N) is 3. The third kappa shape index (κ3) is 4.01. The molecule has 1 atom stereocenters. The molecule has 1 aromatic carbocycles. The molecular formula is C27H27N3O3. The molecule has 0 spiro atoms. The Morgan fingerprint density at radius 3 is 2.73 bits per heavy atom. The lowest BCUT2D eigenvalue weighted by atomic mass is 9.70. The average Bonchev–Trinajstić information content (AvgIpc) is 2.80. The van der Waals surface area contributed by atoms with Gasteiger partial charge in [0, 0.05) is 23.3 Å². The summed E-state index contributed by atoms with van der Waals surface area (Å²) < 4.78 is 7.20. The van der Waals surface area contributed by atoms with E-state index >= 15 is 0 Å². The second-order valence-corrected chi connectivity index (χ2v) is 9.83. The van der Waals surface area contributed by atoms with Crippen molar-refractivity contribution in [2.75, 3.05) is 0 Å². The number of esters is 1. The number of carbonyl (C=O) groups is 1. The summed E-state index contributed by atoms with van der Waals surface area (Å²) in [6.07, 6.45) is 4.38. The van der Waals surface area contributed by atoms with Gasteiger partial charge in [-0.15, -0.1) is 0 Å². The number of pyridine rings is 2. The second kappa shape index (κ2) is 8.10. The van der Waals surface area contributed by atoms with Crippen molar-refractivity contribution in [1.82, 2.24) is 14.4 Å². The molecule has 0 radical (unpaired) electrons. The monoisotopic (exact) mass is 441 g/mol. The standard InChI is InChI=1S/C27H27N3O3/c1-27(2,3)17-11-12-22-20(14-17)25(19-8-4-5-9-21(19)29-22)26(32)33-16-18-15-24(31)30-13-7-6-10-23(30)28-18/h4-10,13,15,17H,11-12,14,16H2,1-3H3. The third-order valence-electron chi connectivity index (χ3n) is 6.66. The van der Waals surface area contributed by atoms with Crippen LogP contribution in [0.3, 0.4) is 0 Å². The van der Waals surface area contributed by atoms with Crippen molar-refractivity contribution in [2.24, 2.45) is 11.3 Å². The van der Waals surface area contributed by atoms with E-state index in [-0.39, 0.29) is 17.6 Å². The van der Waals surface area contributed by atoms with Crippen LogP contribution in [-0.4, -0.2) is 20.3 Å². The highest BCUT2D eigenvalue weighted by atomic mass is 16.5. The highest BCUT2D eigenvalue weighted by molar-refractivity contribution is 6.05. The third-order valence-corrected chi connectivity index (χ3v) is 6.66. The van der Waals surface area contributed by atoms with E-state index < -0.39 is 5.97 Å². The molecule has 1 aliphatic carbocycles. The second-order valence-electron chi connectivity index (χ2n) is 9.83. The van der Waals surface area contributed by atoms with Crippen LogP contribution in [0.2, 0.25) is 0 Å². The van der Waals surface area contributed by atoms with Crippen molar-refractivity contribution >= 4 is 22.5 Å². The molecular weight excluding hydrogens is 414 g/mol.